The lowest BCUT2D eigenvalue weighted by Crippen LogP contribution is -2.48. The van der Waals surface area contributed by atoms with Gasteiger partial charge in [0.15, 0.2) is 0 Å². The standard InChI is InChI=1S/C15H22N2/c1-2-16-9-12-7-8-15(12)17-10-13-5-3-4-6-14(13)11-17/h3-6,12,15-16H,2,7-11H2,1H3. The molecular weight excluding hydrogens is 208 g/mol. The largest absolute Gasteiger partial charge is 0.317 e. The fourth-order valence-corrected chi connectivity index (χ4v) is 3.19. The van der Waals surface area contributed by atoms with E-state index in [1.165, 1.54) is 32.5 Å². The molecule has 0 amide bonds. The second-order valence-electron chi connectivity index (χ2n) is 5.39. The third kappa shape index (κ3) is 2.12. The van der Waals surface area contributed by atoms with Crippen LogP contribution in [0.1, 0.15) is 30.9 Å². The fraction of sp³-hybridized carbons (Fsp3) is 0.600. The summed E-state index contributed by atoms with van der Waals surface area (Å²) in [6, 6.07) is 9.72. The van der Waals surface area contributed by atoms with Crippen molar-refractivity contribution in [3.8, 4) is 0 Å². The van der Waals surface area contributed by atoms with Crippen LogP contribution in [-0.2, 0) is 13.1 Å². The summed E-state index contributed by atoms with van der Waals surface area (Å²) in [6.45, 7) is 6.84. The van der Waals surface area contributed by atoms with Crippen molar-refractivity contribution < 1.29 is 0 Å². The number of nitrogens with zero attached hydrogens (tertiary/aromatic N) is 1. The molecule has 1 N–H and O–H groups in total. The highest BCUT2D eigenvalue weighted by molar-refractivity contribution is 5.30. The zero-order valence-corrected chi connectivity index (χ0v) is 10.7. The third-order valence-corrected chi connectivity index (χ3v) is 4.37. The van der Waals surface area contributed by atoms with Crippen molar-refractivity contribution in [2.75, 3.05) is 13.1 Å². The molecule has 17 heavy (non-hydrogen) atoms. The van der Waals surface area contributed by atoms with Crippen molar-refractivity contribution in [1.82, 2.24) is 10.2 Å². The van der Waals surface area contributed by atoms with Gasteiger partial charge >= 0.3 is 0 Å². The molecule has 1 fully saturated rings. The van der Waals surface area contributed by atoms with Crippen LogP contribution in [-0.4, -0.2) is 24.0 Å². The SMILES string of the molecule is CCNCC1CCC1N1Cc2ccccc2C1. The van der Waals surface area contributed by atoms with Crippen molar-refractivity contribution in [3.05, 3.63) is 35.4 Å². The fourth-order valence-electron chi connectivity index (χ4n) is 3.19. The first kappa shape index (κ1) is 11.2. The van der Waals surface area contributed by atoms with E-state index in [0.717, 1.165) is 18.5 Å². The highest BCUT2D eigenvalue weighted by atomic mass is 15.2. The Labute approximate surface area is 104 Å². The lowest BCUT2D eigenvalue weighted by molar-refractivity contribution is 0.0595. The monoisotopic (exact) mass is 230 g/mol. The van der Waals surface area contributed by atoms with Gasteiger partial charge < -0.3 is 5.32 Å². The van der Waals surface area contributed by atoms with Crippen LogP contribution in [0.3, 0.4) is 0 Å². The maximum atomic E-state index is 3.50. The normalized spacial score (nSPS) is 27.8. The van der Waals surface area contributed by atoms with Crippen LogP contribution in [0.5, 0.6) is 0 Å². The van der Waals surface area contributed by atoms with E-state index in [-0.39, 0.29) is 0 Å². The van der Waals surface area contributed by atoms with E-state index in [0.29, 0.717) is 0 Å². The molecule has 2 unspecified atom stereocenters. The van der Waals surface area contributed by atoms with E-state index in [4.69, 9.17) is 0 Å². The quantitative estimate of drug-likeness (QED) is 0.854. The van der Waals surface area contributed by atoms with Crippen LogP contribution in [0.2, 0.25) is 0 Å². The summed E-state index contributed by atoms with van der Waals surface area (Å²) in [5.74, 6) is 0.879. The summed E-state index contributed by atoms with van der Waals surface area (Å²) in [5.41, 5.74) is 3.09. The number of fused-ring (bicyclic) bond motifs is 1. The van der Waals surface area contributed by atoms with E-state index in [1.807, 2.05) is 0 Å². The maximum absolute atomic E-state index is 3.50. The predicted octanol–water partition coefficient (Wildman–Crippen LogP) is 2.39. The van der Waals surface area contributed by atoms with Crippen LogP contribution in [0, 0.1) is 5.92 Å². The molecule has 1 aromatic carbocycles. The molecule has 1 saturated carbocycles. The highest BCUT2D eigenvalue weighted by Crippen LogP contribution is 2.36. The Morgan fingerprint density at radius 1 is 1.18 bits per heavy atom. The molecule has 0 saturated heterocycles. The van der Waals surface area contributed by atoms with Crippen LogP contribution >= 0.6 is 0 Å². The first-order chi connectivity index (χ1) is 8.38. The van der Waals surface area contributed by atoms with Crippen LogP contribution in [0.4, 0.5) is 0 Å². The summed E-state index contributed by atoms with van der Waals surface area (Å²) in [6.07, 6.45) is 2.80. The van der Waals surface area contributed by atoms with Crippen molar-refractivity contribution in [2.24, 2.45) is 5.92 Å². The number of nitrogens with one attached hydrogen (secondary N) is 1. The predicted molar refractivity (Wildman–Crippen MR) is 70.7 cm³/mol. The van der Waals surface area contributed by atoms with Gasteiger partial charge in [-0.2, -0.15) is 0 Å². The van der Waals surface area contributed by atoms with Gasteiger partial charge in [-0.25, -0.2) is 0 Å². The molecule has 0 aromatic heterocycles. The van der Waals surface area contributed by atoms with Gasteiger partial charge in [-0.05, 0) is 43.0 Å². The van der Waals surface area contributed by atoms with E-state index in [2.05, 4.69) is 41.4 Å². The van der Waals surface area contributed by atoms with Crippen LogP contribution < -0.4 is 5.32 Å². The lowest BCUT2D eigenvalue weighted by Gasteiger charge is -2.43. The Balaban J connectivity index is 1.61. The topological polar surface area (TPSA) is 15.3 Å². The third-order valence-electron chi connectivity index (χ3n) is 4.37. The Kier molecular flexibility index (Phi) is 3.17. The minimum atomic E-state index is 0.821. The van der Waals surface area contributed by atoms with Gasteiger partial charge in [-0.1, -0.05) is 31.2 Å². The summed E-state index contributed by atoms with van der Waals surface area (Å²) < 4.78 is 0. The van der Waals surface area contributed by atoms with Crippen molar-refractivity contribution >= 4 is 0 Å². The maximum Gasteiger partial charge on any atom is 0.0243 e. The first-order valence-electron chi connectivity index (χ1n) is 6.90. The number of hydrogen-bond donors (Lipinski definition) is 1. The number of benzene rings is 1. The summed E-state index contributed by atoms with van der Waals surface area (Å²) in [7, 11) is 0. The lowest BCUT2D eigenvalue weighted by atomic mass is 9.78. The number of rotatable bonds is 4. The summed E-state index contributed by atoms with van der Waals surface area (Å²) in [4.78, 5) is 2.68. The minimum Gasteiger partial charge on any atom is -0.317 e. The van der Waals surface area contributed by atoms with Crippen molar-refractivity contribution in [1.29, 1.82) is 0 Å². The van der Waals surface area contributed by atoms with Gasteiger partial charge in [0.2, 0.25) is 0 Å². The molecule has 0 bridgehead atoms. The average Bonchev–Trinajstić information content (AvgIpc) is 2.70. The van der Waals surface area contributed by atoms with E-state index >= 15 is 0 Å². The molecule has 3 rings (SSSR count). The van der Waals surface area contributed by atoms with E-state index < -0.39 is 0 Å². The molecule has 1 heterocycles. The van der Waals surface area contributed by atoms with Crippen LogP contribution in [0.25, 0.3) is 0 Å². The van der Waals surface area contributed by atoms with Crippen molar-refractivity contribution in [3.63, 3.8) is 0 Å². The Morgan fingerprint density at radius 2 is 1.88 bits per heavy atom. The zero-order valence-electron chi connectivity index (χ0n) is 10.7. The van der Waals surface area contributed by atoms with Gasteiger partial charge in [-0.15, -0.1) is 0 Å². The molecule has 2 aliphatic rings. The molecule has 0 radical (unpaired) electrons. The van der Waals surface area contributed by atoms with Gasteiger partial charge in [0.25, 0.3) is 0 Å². The Hall–Kier alpha value is -0.860. The molecular formula is C15H22N2. The average molecular weight is 230 g/mol. The second-order valence-corrected chi connectivity index (χ2v) is 5.39. The summed E-state index contributed by atoms with van der Waals surface area (Å²) in [5, 5.41) is 3.50. The molecule has 2 nitrogen and oxygen atoms in total. The molecule has 2 heteroatoms. The molecule has 2 atom stereocenters. The van der Waals surface area contributed by atoms with Gasteiger partial charge in [0, 0.05) is 19.1 Å². The first-order valence-corrected chi connectivity index (χ1v) is 6.90. The van der Waals surface area contributed by atoms with E-state index in [1.54, 1.807) is 11.1 Å². The van der Waals surface area contributed by atoms with Gasteiger partial charge in [0.1, 0.15) is 0 Å². The summed E-state index contributed by atoms with van der Waals surface area (Å²) >= 11 is 0. The highest BCUT2D eigenvalue weighted by Gasteiger charge is 2.37. The van der Waals surface area contributed by atoms with Crippen LogP contribution in [0.15, 0.2) is 24.3 Å². The van der Waals surface area contributed by atoms with Gasteiger partial charge in [-0.3, -0.25) is 4.90 Å². The zero-order chi connectivity index (χ0) is 11.7. The van der Waals surface area contributed by atoms with Gasteiger partial charge in [0.05, 0.1) is 0 Å². The Bertz CT molecular complexity index is 363. The minimum absolute atomic E-state index is 0.821. The number of hydrogen-bond acceptors (Lipinski definition) is 2. The molecule has 1 aliphatic heterocycles. The van der Waals surface area contributed by atoms with E-state index in [9.17, 15) is 0 Å². The van der Waals surface area contributed by atoms with Crippen molar-refractivity contribution in [2.45, 2.75) is 38.9 Å². The smallest absolute Gasteiger partial charge is 0.0243 e. The Morgan fingerprint density at radius 3 is 2.41 bits per heavy atom. The molecule has 92 valence electrons. The molecule has 0 spiro atoms. The molecule has 1 aliphatic carbocycles. The second kappa shape index (κ2) is 4.79. The molecule has 1 aromatic rings.